The molecule has 0 aliphatic heterocycles. The third-order valence-electron chi connectivity index (χ3n) is 3.69. The number of methoxy groups -OCH3 is 1. The van der Waals surface area contributed by atoms with Crippen LogP contribution in [0.4, 0.5) is 0 Å². The van der Waals surface area contributed by atoms with Gasteiger partial charge in [-0.1, -0.05) is 13.8 Å². The zero-order valence-corrected chi connectivity index (χ0v) is 11.5. The maximum atomic E-state index is 11.8. The Bertz CT molecular complexity index is 413. The molecule has 0 spiro atoms. The third kappa shape index (κ3) is 2.04. The van der Waals surface area contributed by atoms with Gasteiger partial charge in [0.25, 0.3) is 0 Å². The number of ketones is 1. The Balaban J connectivity index is 2.43. The number of hydrogen-bond donors (Lipinski definition) is 0. The SMILES string of the molecule is CCC(CC)(OC)c1nc2c(s1)CCCC2=O. The van der Waals surface area contributed by atoms with Gasteiger partial charge in [0, 0.05) is 18.4 Å². The molecule has 17 heavy (non-hydrogen) atoms. The fourth-order valence-electron chi connectivity index (χ4n) is 2.39. The maximum absolute atomic E-state index is 11.8. The molecule has 0 saturated heterocycles. The van der Waals surface area contributed by atoms with Crippen LogP contribution >= 0.6 is 11.3 Å². The van der Waals surface area contributed by atoms with E-state index in [2.05, 4.69) is 18.8 Å². The first-order chi connectivity index (χ1) is 8.16. The number of hydrogen-bond acceptors (Lipinski definition) is 4. The summed E-state index contributed by atoms with van der Waals surface area (Å²) in [6.07, 6.45) is 4.38. The zero-order chi connectivity index (χ0) is 12.5. The van der Waals surface area contributed by atoms with Gasteiger partial charge in [-0.2, -0.15) is 0 Å². The second-order valence-corrected chi connectivity index (χ2v) is 5.56. The number of rotatable bonds is 4. The van der Waals surface area contributed by atoms with Crippen molar-refractivity contribution in [1.82, 2.24) is 4.98 Å². The van der Waals surface area contributed by atoms with Crippen LogP contribution in [0.2, 0.25) is 0 Å². The molecule has 0 aromatic carbocycles. The van der Waals surface area contributed by atoms with E-state index in [-0.39, 0.29) is 11.4 Å². The van der Waals surface area contributed by atoms with Gasteiger partial charge in [0.2, 0.25) is 0 Å². The van der Waals surface area contributed by atoms with E-state index >= 15 is 0 Å². The predicted octanol–water partition coefficient (Wildman–Crippen LogP) is 3.32. The van der Waals surface area contributed by atoms with Crippen molar-refractivity contribution in [2.45, 2.75) is 51.6 Å². The number of thiazole rings is 1. The van der Waals surface area contributed by atoms with Gasteiger partial charge in [0.1, 0.15) is 16.3 Å². The highest BCUT2D eigenvalue weighted by Crippen LogP contribution is 2.38. The molecule has 0 amide bonds. The van der Waals surface area contributed by atoms with Crippen LogP contribution in [0.1, 0.15) is 59.9 Å². The Labute approximate surface area is 106 Å². The Hall–Kier alpha value is -0.740. The van der Waals surface area contributed by atoms with Gasteiger partial charge in [-0.15, -0.1) is 11.3 Å². The van der Waals surface area contributed by atoms with Gasteiger partial charge in [-0.3, -0.25) is 4.79 Å². The van der Waals surface area contributed by atoms with Crippen LogP contribution in [-0.4, -0.2) is 17.9 Å². The van der Waals surface area contributed by atoms with Crippen LogP contribution in [0.3, 0.4) is 0 Å². The summed E-state index contributed by atoms with van der Waals surface area (Å²) >= 11 is 1.66. The summed E-state index contributed by atoms with van der Waals surface area (Å²) in [5, 5.41) is 0.977. The number of nitrogens with zero attached hydrogens (tertiary/aromatic N) is 1. The normalized spacial score (nSPS) is 16.1. The second-order valence-electron chi connectivity index (χ2n) is 4.47. The predicted molar refractivity (Wildman–Crippen MR) is 68.7 cm³/mol. The molecular weight excluding hydrogens is 234 g/mol. The Morgan fingerprint density at radius 3 is 2.59 bits per heavy atom. The molecule has 1 heterocycles. The van der Waals surface area contributed by atoms with E-state index in [0.717, 1.165) is 35.6 Å². The van der Waals surface area contributed by atoms with Gasteiger partial charge in [0.15, 0.2) is 5.78 Å². The van der Waals surface area contributed by atoms with Crippen molar-refractivity contribution >= 4 is 17.1 Å². The number of aromatic nitrogens is 1. The highest BCUT2D eigenvalue weighted by Gasteiger charge is 2.34. The molecule has 0 saturated carbocycles. The summed E-state index contributed by atoms with van der Waals surface area (Å²) in [6.45, 7) is 4.21. The van der Waals surface area contributed by atoms with Crippen LogP contribution in [0.25, 0.3) is 0 Å². The van der Waals surface area contributed by atoms with Gasteiger partial charge < -0.3 is 4.74 Å². The lowest BCUT2D eigenvalue weighted by molar-refractivity contribution is -0.0219. The van der Waals surface area contributed by atoms with Crippen molar-refractivity contribution in [1.29, 1.82) is 0 Å². The summed E-state index contributed by atoms with van der Waals surface area (Å²) in [5.41, 5.74) is 0.405. The minimum absolute atomic E-state index is 0.200. The molecule has 1 aromatic rings. The summed E-state index contributed by atoms with van der Waals surface area (Å²) in [5.74, 6) is 0.200. The number of Topliss-reactive ketones (excluding diaryl/α,β-unsaturated/α-hetero) is 1. The fourth-order valence-corrected chi connectivity index (χ4v) is 3.82. The van der Waals surface area contributed by atoms with E-state index in [0.29, 0.717) is 12.1 Å². The maximum Gasteiger partial charge on any atom is 0.182 e. The van der Waals surface area contributed by atoms with E-state index in [1.807, 2.05) is 0 Å². The number of carbonyl (C=O) groups is 1. The van der Waals surface area contributed by atoms with Gasteiger partial charge in [-0.05, 0) is 25.7 Å². The summed E-state index contributed by atoms with van der Waals surface area (Å²) < 4.78 is 5.67. The molecule has 3 nitrogen and oxygen atoms in total. The average molecular weight is 253 g/mol. The lowest BCUT2D eigenvalue weighted by Gasteiger charge is -2.27. The van der Waals surface area contributed by atoms with Gasteiger partial charge in [-0.25, -0.2) is 4.98 Å². The molecule has 0 bridgehead atoms. The standard InChI is InChI=1S/C13H19NO2S/c1-4-13(5-2,16-3)12-14-11-9(15)7-6-8-10(11)17-12/h4-8H2,1-3H3. The van der Waals surface area contributed by atoms with Crippen molar-refractivity contribution in [3.63, 3.8) is 0 Å². The smallest absolute Gasteiger partial charge is 0.182 e. The molecule has 1 aromatic heterocycles. The van der Waals surface area contributed by atoms with Crippen molar-refractivity contribution < 1.29 is 9.53 Å². The second kappa shape index (κ2) is 4.86. The Kier molecular flexibility index (Phi) is 3.64. The van der Waals surface area contributed by atoms with Crippen LogP contribution < -0.4 is 0 Å². The van der Waals surface area contributed by atoms with Crippen molar-refractivity contribution in [3.05, 3.63) is 15.6 Å². The molecule has 0 atom stereocenters. The van der Waals surface area contributed by atoms with Gasteiger partial charge >= 0.3 is 0 Å². The van der Waals surface area contributed by atoms with Crippen LogP contribution in [-0.2, 0) is 16.8 Å². The largest absolute Gasteiger partial charge is 0.371 e. The summed E-state index contributed by atoms with van der Waals surface area (Å²) in [6, 6.07) is 0. The average Bonchev–Trinajstić information content (AvgIpc) is 2.78. The Morgan fingerprint density at radius 2 is 2.06 bits per heavy atom. The molecular formula is C13H19NO2S. The molecule has 0 radical (unpaired) electrons. The Morgan fingerprint density at radius 1 is 1.35 bits per heavy atom. The van der Waals surface area contributed by atoms with E-state index in [4.69, 9.17) is 4.74 Å². The number of ether oxygens (including phenoxy) is 1. The molecule has 94 valence electrons. The van der Waals surface area contributed by atoms with Crippen molar-refractivity contribution in [2.24, 2.45) is 0 Å². The molecule has 4 heteroatoms. The quantitative estimate of drug-likeness (QED) is 0.826. The topological polar surface area (TPSA) is 39.2 Å². The first-order valence-corrected chi connectivity index (χ1v) is 7.07. The molecule has 1 aliphatic carbocycles. The fraction of sp³-hybridized carbons (Fsp3) is 0.692. The highest BCUT2D eigenvalue weighted by molar-refractivity contribution is 7.12. The van der Waals surface area contributed by atoms with E-state index in [9.17, 15) is 4.79 Å². The minimum Gasteiger partial charge on any atom is -0.371 e. The van der Waals surface area contributed by atoms with Crippen LogP contribution in [0, 0.1) is 0 Å². The summed E-state index contributed by atoms with van der Waals surface area (Å²) in [7, 11) is 1.73. The molecule has 0 unspecified atom stereocenters. The minimum atomic E-state index is -0.303. The lowest BCUT2D eigenvalue weighted by atomic mass is 9.97. The van der Waals surface area contributed by atoms with E-state index in [1.54, 1.807) is 18.4 Å². The molecule has 1 aliphatic rings. The zero-order valence-electron chi connectivity index (χ0n) is 10.7. The lowest BCUT2D eigenvalue weighted by Crippen LogP contribution is -2.26. The van der Waals surface area contributed by atoms with Crippen LogP contribution in [0.15, 0.2) is 0 Å². The number of carbonyl (C=O) groups excluding carboxylic acids is 1. The van der Waals surface area contributed by atoms with Crippen molar-refractivity contribution in [3.8, 4) is 0 Å². The van der Waals surface area contributed by atoms with Crippen LogP contribution in [0.5, 0.6) is 0 Å². The molecule has 2 rings (SSSR count). The van der Waals surface area contributed by atoms with Gasteiger partial charge in [0.05, 0.1) is 0 Å². The first kappa shape index (κ1) is 12.7. The van der Waals surface area contributed by atoms with E-state index < -0.39 is 0 Å². The number of fused-ring (bicyclic) bond motifs is 1. The van der Waals surface area contributed by atoms with Crippen molar-refractivity contribution in [2.75, 3.05) is 7.11 Å². The molecule has 0 N–H and O–H groups in total. The number of aryl methyl sites for hydroxylation is 1. The first-order valence-electron chi connectivity index (χ1n) is 6.25. The highest BCUT2D eigenvalue weighted by atomic mass is 32.1. The molecule has 0 fully saturated rings. The van der Waals surface area contributed by atoms with E-state index in [1.165, 1.54) is 0 Å². The monoisotopic (exact) mass is 253 g/mol. The third-order valence-corrected chi connectivity index (χ3v) is 4.99. The summed E-state index contributed by atoms with van der Waals surface area (Å²) in [4.78, 5) is 17.5.